The van der Waals surface area contributed by atoms with Crippen LogP contribution in [0.3, 0.4) is 0 Å². The Kier molecular flexibility index (Phi) is 6.56. The van der Waals surface area contributed by atoms with Crippen LogP contribution in [0.5, 0.6) is 0 Å². The van der Waals surface area contributed by atoms with E-state index in [9.17, 15) is 0 Å². The Morgan fingerprint density at radius 1 is 0.300 bits per heavy atom. The summed E-state index contributed by atoms with van der Waals surface area (Å²) < 4.78 is 28.5. The Morgan fingerprint density at radius 3 is 1.10 bits per heavy atom. The highest BCUT2D eigenvalue weighted by atomic mass is 31.1. The summed E-state index contributed by atoms with van der Waals surface area (Å²) in [5, 5.41) is 0. The van der Waals surface area contributed by atoms with Gasteiger partial charge in [0.25, 0.3) is 0 Å². The van der Waals surface area contributed by atoms with E-state index in [4.69, 9.17) is 18.9 Å². The molecule has 4 saturated heterocycles. The summed E-state index contributed by atoms with van der Waals surface area (Å²) in [5.74, 6) is 1.81. The van der Waals surface area contributed by atoms with Crippen molar-refractivity contribution in [3.8, 4) is 0 Å². The van der Waals surface area contributed by atoms with Crippen LogP contribution in [-0.2, 0) is 18.9 Å². The molecule has 6 saturated carbocycles. The summed E-state index contributed by atoms with van der Waals surface area (Å²) in [6.45, 7) is 0. The van der Waals surface area contributed by atoms with Crippen molar-refractivity contribution in [1.29, 1.82) is 0 Å². The molecule has 18 atom stereocenters. The number of ether oxygens (including phenoxy) is 4. The van der Waals surface area contributed by atoms with Gasteiger partial charge in [0, 0.05) is 34.0 Å². The summed E-state index contributed by atoms with van der Waals surface area (Å²) >= 11 is 0. The van der Waals surface area contributed by atoms with E-state index in [1.165, 1.54) is 116 Å². The molecule has 0 N–H and O–H groups in total. The number of rotatable bonds is 0. The van der Waals surface area contributed by atoms with Gasteiger partial charge in [-0.15, -0.1) is 0 Å². The van der Waals surface area contributed by atoms with Crippen molar-refractivity contribution in [1.82, 2.24) is 0 Å². The average molecular weight is 587 g/mol. The van der Waals surface area contributed by atoms with Crippen molar-refractivity contribution in [2.45, 2.75) is 198 Å². The SMILES string of the molecule is C1CCC2C(C1)OC1CCCC3OC4CCC5C(CCC6OC7CCCC8OC9CCCCC9P(C87)C65)C4P2C13. The van der Waals surface area contributed by atoms with E-state index in [0.717, 1.165) is 45.8 Å². The fraction of sp³-hybridized carbons (Fsp3) is 1.00. The highest BCUT2D eigenvalue weighted by molar-refractivity contribution is 7.61. The molecule has 0 spiro atoms. The van der Waals surface area contributed by atoms with E-state index in [1.54, 1.807) is 0 Å². The molecule has 0 amide bonds. The molecule has 6 aliphatic carbocycles. The molecule has 40 heavy (non-hydrogen) atoms. The van der Waals surface area contributed by atoms with Gasteiger partial charge in [0.05, 0.1) is 48.8 Å². The summed E-state index contributed by atoms with van der Waals surface area (Å²) in [5.41, 5.74) is 5.00. The second-order valence-corrected chi connectivity index (χ2v) is 21.3. The van der Waals surface area contributed by atoms with Crippen LogP contribution < -0.4 is 0 Å². The molecule has 0 aromatic rings. The van der Waals surface area contributed by atoms with E-state index < -0.39 is 0 Å². The summed E-state index contributed by atoms with van der Waals surface area (Å²) in [4.78, 5) is 0. The van der Waals surface area contributed by atoms with Crippen molar-refractivity contribution >= 4 is 15.8 Å². The van der Waals surface area contributed by atoms with Gasteiger partial charge in [0.2, 0.25) is 0 Å². The molecular weight excluding hydrogens is 534 g/mol. The minimum atomic E-state index is -0.0150. The quantitative estimate of drug-likeness (QED) is 0.275. The molecule has 4 aliphatic heterocycles. The molecule has 0 bridgehead atoms. The van der Waals surface area contributed by atoms with Gasteiger partial charge in [0.1, 0.15) is 0 Å². The Bertz CT molecular complexity index is 892. The summed E-state index contributed by atoms with van der Waals surface area (Å²) in [6, 6.07) is 0. The van der Waals surface area contributed by atoms with Crippen LogP contribution >= 0.6 is 15.8 Å². The van der Waals surface area contributed by atoms with Gasteiger partial charge in [0.15, 0.2) is 0 Å². The Morgan fingerprint density at radius 2 is 0.650 bits per heavy atom. The first-order valence-electron chi connectivity index (χ1n) is 18.0. The number of hydrogen-bond donors (Lipinski definition) is 0. The molecule has 0 radical (unpaired) electrons. The first kappa shape index (κ1) is 26.0. The molecule has 0 aromatic heterocycles. The zero-order valence-corrected chi connectivity index (χ0v) is 26.3. The van der Waals surface area contributed by atoms with Gasteiger partial charge >= 0.3 is 0 Å². The van der Waals surface area contributed by atoms with Gasteiger partial charge in [-0.25, -0.2) is 0 Å². The van der Waals surface area contributed by atoms with Gasteiger partial charge < -0.3 is 18.9 Å². The lowest BCUT2D eigenvalue weighted by Crippen LogP contribution is -2.66. The lowest BCUT2D eigenvalue weighted by molar-refractivity contribution is -0.146. The smallest absolute Gasteiger partial charge is 0.0671 e. The molecule has 4 nitrogen and oxygen atoms in total. The second-order valence-electron chi connectivity index (χ2n) is 15.8. The monoisotopic (exact) mass is 586 g/mol. The van der Waals surface area contributed by atoms with Crippen molar-refractivity contribution in [3.63, 3.8) is 0 Å². The Labute approximate surface area is 244 Å². The average Bonchev–Trinajstić information content (AvgIpc) is 3.00. The lowest BCUT2D eigenvalue weighted by atomic mass is 9.68. The molecule has 222 valence electrons. The molecule has 10 aliphatic rings. The Hall–Kier alpha value is 0.700. The molecule has 6 heteroatoms. The van der Waals surface area contributed by atoms with E-state index in [2.05, 4.69) is 0 Å². The third kappa shape index (κ3) is 3.78. The highest BCUT2D eigenvalue weighted by Gasteiger charge is 2.65. The maximum Gasteiger partial charge on any atom is 0.0671 e. The topological polar surface area (TPSA) is 36.9 Å². The Balaban J connectivity index is 1.03. The number of fused-ring (bicyclic) bond motifs is 11. The standard InChI is InChI=1S/C34H52O4P2/c1-3-13-29-21(7-1)35-23-9-5-11-25-33(23)39(29)31-19-15-18-28-32(20(19)16-17-27(31)37-25)40-30-14-4-2-8-22(30)36-24-10-6-12-26(38-28)34(24)40/h19-34H,1-18H2. The van der Waals surface area contributed by atoms with Crippen LogP contribution in [0.4, 0.5) is 0 Å². The van der Waals surface area contributed by atoms with Crippen molar-refractivity contribution in [2.24, 2.45) is 11.8 Å². The number of hydrogen-bond acceptors (Lipinski definition) is 4. The molecule has 0 aromatic carbocycles. The summed E-state index contributed by atoms with van der Waals surface area (Å²) in [6.07, 6.45) is 29.2. The van der Waals surface area contributed by atoms with Crippen LogP contribution in [0, 0.1) is 11.8 Å². The minimum Gasteiger partial charge on any atom is -0.374 e. The van der Waals surface area contributed by atoms with Gasteiger partial charge in [-0.2, -0.15) is 0 Å². The summed E-state index contributed by atoms with van der Waals surface area (Å²) in [7, 11) is -0.0300. The minimum absolute atomic E-state index is 0.0150. The first-order chi connectivity index (χ1) is 19.8. The molecular formula is C34H52O4P2. The fourth-order valence-electron chi connectivity index (χ4n) is 12.9. The largest absolute Gasteiger partial charge is 0.374 e. The van der Waals surface area contributed by atoms with Crippen LogP contribution in [0.2, 0.25) is 0 Å². The van der Waals surface area contributed by atoms with E-state index in [-0.39, 0.29) is 15.8 Å². The van der Waals surface area contributed by atoms with Crippen molar-refractivity contribution in [2.75, 3.05) is 0 Å². The predicted molar refractivity (Wildman–Crippen MR) is 161 cm³/mol. The maximum atomic E-state index is 7.24. The lowest BCUT2D eigenvalue weighted by Gasteiger charge is -2.67. The van der Waals surface area contributed by atoms with Gasteiger partial charge in [-0.05, 0) is 102 Å². The van der Waals surface area contributed by atoms with Crippen molar-refractivity contribution < 1.29 is 18.9 Å². The first-order valence-corrected chi connectivity index (χ1v) is 21.1. The third-order valence-corrected chi connectivity index (χ3v) is 22.3. The third-order valence-electron chi connectivity index (χ3n) is 14.1. The predicted octanol–water partition coefficient (Wildman–Crippen LogP) is 7.57. The second kappa shape index (κ2) is 10.1. The van der Waals surface area contributed by atoms with E-state index in [0.29, 0.717) is 48.8 Å². The zero-order valence-electron chi connectivity index (χ0n) is 24.5. The van der Waals surface area contributed by atoms with Gasteiger partial charge in [-0.3, -0.25) is 0 Å². The normalized spacial score (nSPS) is 61.8. The zero-order chi connectivity index (χ0) is 25.9. The highest BCUT2D eigenvalue weighted by Crippen LogP contribution is 2.75. The fourth-order valence-corrected chi connectivity index (χ4v) is 22.9. The molecule has 10 fully saturated rings. The van der Waals surface area contributed by atoms with Crippen LogP contribution in [0.15, 0.2) is 0 Å². The van der Waals surface area contributed by atoms with E-state index >= 15 is 0 Å². The van der Waals surface area contributed by atoms with E-state index in [1.807, 2.05) is 0 Å². The van der Waals surface area contributed by atoms with Crippen LogP contribution in [0.25, 0.3) is 0 Å². The molecule has 18 unspecified atom stereocenters. The van der Waals surface area contributed by atoms with Gasteiger partial charge in [-0.1, -0.05) is 41.5 Å². The van der Waals surface area contributed by atoms with Crippen LogP contribution in [-0.4, -0.2) is 82.8 Å². The van der Waals surface area contributed by atoms with Crippen LogP contribution in [0.1, 0.15) is 116 Å². The van der Waals surface area contributed by atoms with Crippen molar-refractivity contribution in [3.05, 3.63) is 0 Å². The maximum absolute atomic E-state index is 7.24. The molecule has 10 rings (SSSR count). The molecule has 4 heterocycles.